The van der Waals surface area contributed by atoms with Crippen LogP contribution in [0.15, 0.2) is 0 Å². The van der Waals surface area contributed by atoms with Gasteiger partial charge in [0.05, 0.1) is 6.54 Å². The third-order valence-corrected chi connectivity index (χ3v) is 3.24. The summed E-state index contributed by atoms with van der Waals surface area (Å²) in [5, 5.41) is 3.02. The molecule has 1 aliphatic heterocycles. The van der Waals surface area contributed by atoms with Gasteiger partial charge in [-0.15, -0.1) is 0 Å². The number of hydrogen-bond acceptors (Lipinski definition) is 3. The first-order valence-electron chi connectivity index (χ1n) is 6.30. The molecule has 1 saturated heterocycles. The summed E-state index contributed by atoms with van der Waals surface area (Å²) in [6.45, 7) is 8.60. The van der Waals surface area contributed by atoms with Crippen molar-refractivity contribution in [3.05, 3.63) is 0 Å². The monoisotopic (exact) mass is 227 g/mol. The van der Waals surface area contributed by atoms with E-state index in [9.17, 15) is 4.79 Å². The SMILES string of the molecule is CCCC(C)NC(=O)CN1CC(C)C(N)C1. The number of carbonyl (C=O) groups excluding carboxylic acids is 1. The van der Waals surface area contributed by atoms with Gasteiger partial charge in [-0.05, 0) is 19.3 Å². The number of nitrogens with zero attached hydrogens (tertiary/aromatic N) is 1. The Labute approximate surface area is 98.6 Å². The number of likely N-dealkylation sites (tertiary alicyclic amines) is 1. The zero-order valence-corrected chi connectivity index (χ0v) is 10.7. The van der Waals surface area contributed by atoms with Crippen LogP contribution in [0.4, 0.5) is 0 Å². The second kappa shape index (κ2) is 6.21. The van der Waals surface area contributed by atoms with Crippen LogP contribution in [0.2, 0.25) is 0 Å². The maximum absolute atomic E-state index is 11.7. The van der Waals surface area contributed by atoms with Crippen molar-refractivity contribution in [2.45, 2.75) is 45.7 Å². The molecule has 0 bridgehead atoms. The molecule has 4 nitrogen and oxygen atoms in total. The Morgan fingerprint density at radius 2 is 2.25 bits per heavy atom. The lowest BCUT2D eigenvalue weighted by atomic mass is 10.1. The van der Waals surface area contributed by atoms with E-state index < -0.39 is 0 Å². The first-order valence-corrected chi connectivity index (χ1v) is 6.30. The molecule has 1 amide bonds. The minimum absolute atomic E-state index is 0.127. The Kier molecular flexibility index (Phi) is 5.22. The van der Waals surface area contributed by atoms with E-state index >= 15 is 0 Å². The van der Waals surface area contributed by atoms with Crippen molar-refractivity contribution in [3.63, 3.8) is 0 Å². The summed E-state index contributed by atoms with van der Waals surface area (Å²) in [7, 11) is 0. The van der Waals surface area contributed by atoms with Gasteiger partial charge >= 0.3 is 0 Å². The Bertz CT molecular complexity index is 222. The summed E-state index contributed by atoms with van der Waals surface area (Å²) in [6, 6.07) is 0.507. The van der Waals surface area contributed by atoms with Gasteiger partial charge in [0.2, 0.25) is 5.91 Å². The molecule has 0 spiro atoms. The van der Waals surface area contributed by atoms with Gasteiger partial charge in [-0.25, -0.2) is 0 Å². The van der Waals surface area contributed by atoms with Crippen LogP contribution in [-0.2, 0) is 4.79 Å². The maximum Gasteiger partial charge on any atom is 0.234 e. The number of rotatable bonds is 5. The van der Waals surface area contributed by atoms with E-state index in [-0.39, 0.29) is 18.0 Å². The first-order chi connectivity index (χ1) is 7.52. The van der Waals surface area contributed by atoms with Crippen LogP contribution >= 0.6 is 0 Å². The van der Waals surface area contributed by atoms with Crippen LogP contribution in [0, 0.1) is 5.92 Å². The fourth-order valence-corrected chi connectivity index (χ4v) is 2.25. The molecule has 16 heavy (non-hydrogen) atoms. The second-order valence-electron chi connectivity index (χ2n) is 5.09. The van der Waals surface area contributed by atoms with E-state index in [1.54, 1.807) is 0 Å². The fraction of sp³-hybridized carbons (Fsp3) is 0.917. The maximum atomic E-state index is 11.7. The standard InChI is InChI=1S/C12H25N3O/c1-4-5-10(3)14-12(16)8-15-6-9(2)11(13)7-15/h9-11H,4-8,13H2,1-3H3,(H,14,16). The highest BCUT2D eigenvalue weighted by Crippen LogP contribution is 2.13. The molecule has 3 atom stereocenters. The van der Waals surface area contributed by atoms with E-state index in [0.29, 0.717) is 12.5 Å². The number of hydrogen-bond donors (Lipinski definition) is 2. The molecular formula is C12H25N3O. The van der Waals surface area contributed by atoms with Gasteiger partial charge < -0.3 is 11.1 Å². The molecule has 0 aliphatic carbocycles. The molecule has 0 saturated carbocycles. The lowest BCUT2D eigenvalue weighted by Crippen LogP contribution is -2.40. The average molecular weight is 227 g/mol. The minimum atomic E-state index is 0.127. The van der Waals surface area contributed by atoms with Crippen molar-refractivity contribution in [2.24, 2.45) is 11.7 Å². The van der Waals surface area contributed by atoms with E-state index in [0.717, 1.165) is 25.9 Å². The summed E-state index contributed by atoms with van der Waals surface area (Å²) in [6.07, 6.45) is 2.15. The highest BCUT2D eigenvalue weighted by atomic mass is 16.2. The molecule has 4 heteroatoms. The summed E-state index contributed by atoms with van der Waals surface area (Å²) < 4.78 is 0. The molecule has 3 unspecified atom stereocenters. The van der Waals surface area contributed by atoms with Crippen LogP contribution in [0.5, 0.6) is 0 Å². The largest absolute Gasteiger partial charge is 0.353 e. The summed E-state index contributed by atoms with van der Waals surface area (Å²) in [4.78, 5) is 13.8. The van der Waals surface area contributed by atoms with Gasteiger partial charge in [0.15, 0.2) is 0 Å². The summed E-state index contributed by atoms with van der Waals surface area (Å²) in [5.41, 5.74) is 5.92. The Morgan fingerprint density at radius 3 is 2.75 bits per heavy atom. The third kappa shape index (κ3) is 4.10. The van der Waals surface area contributed by atoms with Gasteiger partial charge in [0.1, 0.15) is 0 Å². The zero-order valence-electron chi connectivity index (χ0n) is 10.7. The van der Waals surface area contributed by atoms with Crippen LogP contribution in [0.3, 0.4) is 0 Å². The normalized spacial score (nSPS) is 28.0. The lowest BCUT2D eigenvalue weighted by Gasteiger charge is -2.17. The topological polar surface area (TPSA) is 58.4 Å². The zero-order chi connectivity index (χ0) is 12.1. The molecule has 0 radical (unpaired) electrons. The molecule has 3 N–H and O–H groups in total. The lowest BCUT2D eigenvalue weighted by molar-refractivity contribution is -0.122. The van der Waals surface area contributed by atoms with E-state index in [2.05, 4.69) is 31.0 Å². The number of carbonyl (C=O) groups is 1. The van der Waals surface area contributed by atoms with Crippen LogP contribution in [0.1, 0.15) is 33.6 Å². The predicted octanol–water partition coefficient (Wildman–Crippen LogP) is 0.570. The van der Waals surface area contributed by atoms with Gasteiger partial charge in [-0.3, -0.25) is 9.69 Å². The van der Waals surface area contributed by atoms with Crippen molar-refractivity contribution >= 4 is 5.91 Å². The Morgan fingerprint density at radius 1 is 1.56 bits per heavy atom. The Balaban J connectivity index is 2.24. The first kappa shape index (κ1) is 13.5. The van der Waals surface area contributed by atoms with Gasteiger partial charge in [0.25, 0.3) is 0 Å². The van der Waals surface area contributed by atoms with Crippen LogP contribution < -0.4 is 11.1 Å². The summed E-state index contributed by atoms with van der Waals surface area (Å²) >= 11 is 0. The second-order valence-corrected chi connectivity index (χ2v) is 5.09. The molecular weight excluding hydrogens is 202 g/mol. The molecule has 0 aromatic rings. The molecule has 1 rings (SSSR count). The molecule has 0 aromatic heterocycles. The van der Waals surface area contributed by atoms with Crippen molar-refractivity contribution in [3.8, 4) is 0 Å². The summed E-state index contributed by atoms with van der Waals surface area (Å²) in [5.74, 6) is 0.628. The number of nitrogens with two attached hydrogens (primary N) is 1. The quantitative estimate of drug-likeness (QED) is 0.722. The van der Waals surface area contributed by atoms with Crippen LogP contribution in [-0.4, -0.2) is 42.5 Å². The molecule has 94 valence electrons. The van der Waals surface area contributed by atoms with Gasteiger partial charge in [-0.1, -0.05) is 20.3 Å². The van der Waals surface area contributed by atoms with E-state index in [1.165, 1.54) is 0 Å². The predicted molar refractivity (Wildman–Crippen MR) is 66.1 cm³/mol. The van der Waals surface area contributed by atoms with E-state index in [1.807, 2.05) is 0 Å². The smallest absolute Gasteiger partial charge is 0.234 e. The van der Waals surface area contributed by atoms with Gasteiger partial charge in [0, 0.05) is 25.2 Å². The minimum Gasteiger partial charge on any atom is -0.353 e. The number of amides is 1. The van der Waals surface area contributed by atoms with Crippen molar-refractivity contribution in [1.29, 1.82) is 0 Å². The average Bonchev–Trinajstić information content (AvgIpc) is 2.45. The molecule has 0 aromatic carbocycles. The number of nitrogens with one attached hydrogen (secondary N) is 1. The highest BCUT2D eigenvalue weighted by Gasteiger charge is 2.27. The fourth-order valence-electron chi connectivity index (χ4n) is 2.25. The molecule has 1 heterocycles. The third-order valence-electron chi connectivity index (χ3n) is 3.24. The van der Waals surface area contributed by atoms with Crippen molar-refractivity contribution < 1.29 is 4.79 Å². The Hall–Kier alpha value is -0.610. The highest BCUT2D eigenvalue weighted by molar-refractivity contribution is 5.78. The van der Waals surface area contributed by atoms with Crippen molar-refractivity contribution in [1.82, 2.24) is 10.2 Å². The van der Waals surface area contributed by atoms with Crippen molar-refractivity contribution in [2.75, 3.05) is 19.6 Å². The van der Waals surface area contributed by atoms with E-state index in [4.69, 9.17) is 5.73 Å². The van der Waals surface area contributed by atoms with Gasteiger partial charge in [-0.2, -0.15) is 0 Å². The molecule has 1 aliphatic rings. The van der Waals surface area contributed by atoms with Crippen LogP contribution in [0.25, 0.3) is 0 Å². The molecule has 1 fully saturated rings.